The molecule has 2 aliphatic heterocycles. The summed E-state index contributed by atoms with van der Waals surface area (Å²) in [6.07, 6.45) is -0.755. The van der Waals surface area contributed by atoms with Crippen molar-refractivity contribution in [2.24, 2.45) is 0 Å². The molecule has 2 N–H and O–H groups in total. The third kappa shape index (κ3) is 8.27. The lowest BCUT2D eigenvalue weighted by atomic mass is 10.1. The molecule has 3 aromatic heterocycles. The third-order valence-electron chi connectivity index (χ3n) is 9.23. The van der Waals surface area contributed by atoms with Crippen LogP contribution in [0.15, 0.2) is 47.5 Å². The number of allylic oxidation sites excluding steroid dienone is 1. The van der Waals surface area contributed by atoms with E-state index in [9.17, 15) is 37.5 Å². The van der Waals surface area contributed by atoms with E-state index in [2.05, 4.69) is 15.4 Å². The second-order valence-electron chi connectivity index (χ2n) is 14.3. The number of carbonyl (C=O) groups is 3. The van der Waals surface area contributed by atoms with Gasteiger partial charge in [0.1, 0.15) is 23.6 Å². The number of carbonyl (C=O) groups excluding carboxylic acids is 3. The van der Waals surface area contributed by atoms with Crippen molar-refractivity contribution in [3.05, 3.63) is 81.4 Å². The average Bonchev–Trinajstić information content (AvgIpc) is 3.59. The van der Waals surface area contributed by atoms with Crippen LogP contribution in [0.5, 0.6) is 5.75 Å². The fourth-order valence-electron chi connectivity index (χ4n) is 6.61. The molecule has 55 heavy (non-hydrogen) atoms. The molecule has 292 valence electrons. The maximum absolute atomic E-state index is 14.4. The lowest BCUT2D eigenvalue weighted by molar-refractivity contribution is -0.137. The van der Waals surface area contributed by atoms with Gasteiger partial charge in [-0.05, 0) is 82.9 Å². The summed E-state index contributed by atoms with van der Waals surface area (Å²) in [6, 6.07) is 5.92. The number of hydrogen-bond donors (Lipinski definition) is 2. The Hall–Kier alpha value is -5.94. The second kappa shape index (κ2) is 15.1. The fourth-order valence-corrected chi connectivity index (χ4v) is 6.61. The monoisotopic (exact) mass is 765 g/mol. The number of fused-ring (bicyclic) bond motifs is 1. The first-order chi connectivity index (χ1) is 25.9. The highest BCUT2D eigenvalue weighted by Gasteiger charge is 2.33. The number of anilines is 2. The number of aromatic hydroxyl groups is 1. The molecule has 4 aromatic rings. The Morgan fingerprint density at radius 1 is 1.04 bits per heavy atom. The van der Waals surface area contributed by atoms with Crippen LogP contribution < -0.4 is 15.8 Å². The summed E-state index contributed by atoms with van der Waals surface area (Å²) < 4.78 is 48.2. The highest BCUT2D eigenvalue weighted by molar-refractivity contribution is 5.95. The Kier molecular flexibility index (Phi) is 10.6. The van der Waals surface area contributed by atoms with Gasteiger partial charge in [-0.25, -0.2) is 9.78 Å². The number of hydrogen-bond acceptors (Lipinski definition) is 10. The van der Waals surface area contributed by atoms with Gasteiger partial charge in [0, 0.05) is 56.4 Å². The number of halogens is 3. The lowest BCUT2D eigenvalue weighted by Crippen LogP contribution is -2.51. The van der Waals surface area contributed by atoms with Crippen molar-refractivity contribution < 1.29 is 37.4 Å². The van der Waals surface area contributed by atoms with Crippen LogP contribution in [0.3, 0.4) is 0 Å². The summed E-state index contributed by atoms with van der Waals surface area (Å²) in [6.45, 7) is 9.42. The van der Waals surface area contributed by atoms with Crippen LogP contribution in [0.1, 0.15) is 73.7 Å². The molecule has 0 radical (unpaired) electrons. The predicted molar refractivity (Wildman–Crippen MR) is 196 cm³/mol. The van der Waals surface area contributed by atoms with E-state index < -0.39 is 40.8 Å². The van der Waals surface area contributed by atoms with Gasteiger partial charge in [0.15, 0.2) is 11.5 Å². The number of piperazine rings is 1. The van der Waals surface area contributed by atoms with E-state index in [1.165, 1.54) is 41.1 Å². The molecule has 0 bridgehead atoms. The first-order valence-corrected chi connectivity index (χ1v) is 17.8. The number of nitrogens with zero attached hydrogens (tertiary/aromatic N) is 8. The van der Waals surface area contributed by atoms with E-state index in [4.69, 9.17) is 9.72 Å². The fraction of sp³-hybridized carbons (Fsp3) is 0.432. The van der Waals surface area contributed by atoms with Gasteiger partial charge in [0.05, 0.1) is 11.3 Å². The quantitative estimate of drug-likeness (QED) is 0.266. The highest BCUT2D eigenvalue weighted by Crippen LogP contribution is 2.32. The zero-order chi connectivity index (χ0) is 39.8. The smallest absolute Gasteiger partial charge is 0.416 e. The summed E-state index contributed by atoms with van der Waals surface area (Å²) in [7, 11) is 0. The van der Waals surface area contributed by atoms with E-state index >= 15 is 0 Å². The van der Waals surface area contributed by atoms with E-state index in [1.807, 2.05) is 11.8 Å². The zero-order valence-corrected chi connectivity index (χ0v) is 31.1. The largest absolute Gasteiger partial charge is 0.505 e. The topological polar surface area (TPSA) is 168 Å². The molecule has 0 atom stereocenters. The Morgan fingerprint density at radius 2 is 1.76 bits per heavy atom. The number of amides is 3. The standard InChI is InChI=1S/C37H42F3N9O6/c1-6-26-30(45-15-17-46(18-16-45)32(52)29-27(50)10-7-13-41-29)33(53)49-34(43-31(44-49)23-9-8-14-47(20-23)35(54)55-36(3,4)5)48(26)21-28(51)42-25-12-11-24(19-22(25)2)37(38,39)40/h7,10-13,19-20,50H,6,8-9,14-18,21H2,1-5H3,(H,42,51). The Bertz CT molecular complexity index is 2230. The van der Waals surface area contributed by atoms with Crippen molar-refractivity contribution in [2.75, 3.05) is 42.9 Å². The van der Waals surface area contributed by atoms with Gasteiger partial charge in [-0.3, -0.25) is 19.3 Å². The summed E-state index contributed by atoms with van der Waals surface area (Å²) in [5.41, 5.74) is -0.510. The number of aryl methyl sites for hydroxylation is 1. The molecule has 6 rings (SSSR count). The summed E-state index contributed by atoms with van der Waals surface area (Å²) in [5, 5.41) is 17.5. The van der Waals surface area contributed by atoms with Crippen LogP contribution in [0, 0.1) is 6.92 Å². The van der Waals surface area contributed by atoms with E-state index in [1.54, 1.807) is 31.5 Å². The van der Waals surface area contributed by atoms with Crippen LogP contribution >= 0.6 is 0 Å². The molecule has 5 heterocycles. The van der Waals surface area contributed by atoms with Crippen molar-refractivity contribution in [1.29, 1.82) is 0 Å². The zero-order valence-electron chi connectivity index (χ0n) is 31.1. The summed E-state index contributed by atoms with van der Waals surface area (Å²) in [5.74, 6) is -1.07. The molecule has 18 heteroatoms. The molecule has 0 spiro atoms. The van der Waals surface area contributed by atoms with Gasteiger partial charge < -0.3 is 29.5 Å². The van der Waals surface area contributed by atoms with Crippen molar-refractivity contribution in [1.82, 2.24) is 33.9 Å². The minimum atomic E-state index is -4.55. The third-order valence-corrected chi connectivity index (χ3v) is 9.23. The molecule has 0 saturated carbocycles. The van der Waals surface area contributed by atoms with Crippen LogP contribution in [0.25, 0.3) is 11.4 Å². The van der Waals surface area contributed by atoms with Crippen molar-refractivity contribution >= 4 is 40.6 Å². The van der Waals surface area contributed by atoms with Crippen molar-refractivity contribution in [2.45, 2.75) is 72.2 Å². The molecule has 0 aliphatic carbocycles. The summed E-state index contributed by atoms with van der Waals surface area (Å²) in [4.78, 5) is 67.7. The van der Waals surface area contributed by atoms with E-state index in [0.717, 1.165) is 16.6 Å². The molecule has 1 fully saturated rings. The van der Waals surface area contributed by atoms with Crippen LogP contribution in [-0.2, 0) is 28.7 Å². The lowest BCUT2D eigenvalue weighted by Gasteiger charge is -2.36. The van der Waals surface area contributed by atoms with Gasteiger partial charge >= 0.3 is 12.3 Å². The van der Waals surface area contributed by atoms with Gasteiger partial charge in [-0.15, -0.1) is 5.10 Å². The van der Waals surface area contributed by atoms with Gasteiger partial charge in [-0.2, -0.15) is 22.7 Å². The normalized spacial score (nSPS) is 15.3. The molecule has 0 unspecified atom stereocenters. The molecule has 1 saturated heterocycles. The van der Waals surface area contributed by atoms with Crippen molar-refractivity contribution in [3.8, 4) is 5.75 Å². The number of rotatable bonds is 7. The maximum Gasteiger partial charge on any atom is 0.416 e. The molecule has 3 amide bonds. The predicted octanol–water partition coefficient (Wildman–Crippen LogP) is 4.85. The second-order valence-corrected chi connectivity index (χ2v) is 14.3. The van der Waals surface area contributed by atoms with Crippen LogP contribution in [0.4, 0.5) is 29.3 Å². The first-order valence-electron chi connectivity index (χ1n) is 17.8. The molecular formula is C37H42F3N9O6. The summed E-state index contributed by atoms with van der Waals surface area (Å²) >= 11 is 0. The number of nitrogens with one attached hydrogen (secondary N) is 1. The number of alkyl halides is 3. The van der Waals surface area contributed by atoms with Crippen molar-refractivity contribution in [3.63, 3.8) is 0 Å². The van der Waals surface area contributed by atoms with Crippen LogP contribution in [-0.4, -0.2) is 95.3 Å². The number of ether oxygens (including phenoxy) is 1. The maximum atomic E-state index is 14.4. The van der Waals surface area contributed by atoms with Gasteiger partial charge in [0.2, 0.25) is 11.7 Å². The Balaban J connectivity index is 1.38. The molecular weight excluding hydrogens is 723 g/mol. The van der Waals surface area contributed by atoms with E-state index in [-0.39, 0.29) is 79.1 Å². The van der Waals surface area contributed by atoms with Gasteiger partial charge in [0.25, 0.3) is 11.5 Å². The van der Waals surface area contributed by atoms with E-state index in [0.29, 0.717) is 30.7 Å². The minimum absolute atomic E-state index is 0.0506. The average molecular weight is 766 g/mol. The molecule has 1 aromatic carbocycles. The first kappa shape index (κ1) is 38.8. The molecule has 2 aliphatic rings. The van der Waals surface area contributed by atoms with Crippen LogP contribution in [0.2, 0.25) is 0 Å². The van der Waals surface area contributed by atoms with Gasteiger partial charge in [-0.1, -0.05) is 6.92 Å². The number of benzene rings is 1. The number of aromatic nitrogens is 5. The SMILES string of the molecule is CCc1c(N2CCN(C(=O)c3ncccc3O)CC2)c(=O)n2nc(C3=CN(C(=O)OC(C)(C)C)CCC3)nc2n1CC(=O)Nc1ccc(C(F)(F)F)cc1C. The Labute approximate surface area is 314 Å². The Morgan fingerprint density at radius 3 is 2.40 bits per heavy atom. The minimum Gasteiger partial charge on any atom is -0.505 e. The number of pyridine rings is 1. The highest BCUT2D eigenvalue weighted by atomic mass is 19.4. The molecule has 15 nitrogen and oxygen atoms in total.